The Hall–Kier alpha value is -2.50. The fourth-order valence-corrected chi connectivity index (χ4v) is 5.56. The van der Waals surface area contributed by atoms with Gasteiger partial charge in [-0.05, 0) is 25.0 Å². The Labute approximate surface area is 167 Å². The predicted molar refractivity (Wildman–Crippen MR) is 107 cm³/mol. The van der Waals surface area contributed by atoms with Crippen LogP contribution >= 0.6 is 0 Å². The Bertz CT molecular complexity index is 1140. The summed E-state index contributed by atoms with van der Waals surface area (Å²) in [6.45, 7) is 1.87. The average molecular weight is 421 g/mol. The molecule has 1 aromatic heterocycles. The largest absolute Gasteiger partial charge is 0.338 e. The van der Waals surface area contributed by atoms with E-state index in [1.165, 1.54) is 13.2 Å². The van der Waals surface area contributed by atoms with Crippen molar-refractivity contribution in [2.75, 3.05) is 39.3 Å². The Balaban J connectivity index is 1.47. The normalized spacial score (nSPS) is 19.1. The molecule has 0 unspecified atom stereocenters. The molecule has 0 atom stereocenters. The van der Waals surface area contributed by atoms with E-state index in [2.05, 4.69) is 4.98 Å². The zero-order valence-electron chi connectivity index (χ0n) is 15.9. The van der Waals surface area contributed by atoms with Gasteiger partial charge in [0, 0.05) is 39.3 Å². The van der Waals surface area contributed by atoms with Crippen molar-refractivity contribution in [1.29, 1.82) is 0 Å². The van der Waals surface area contributed by atoms with E-state index in [1.807, 2.05) is 0 Å². The Kier molecular flexibility index (Phi) is 5.28. The van der Waals surface area contributed by atoms with Gasteiger partial charge < -0.3 is 4.90 Å². The zero-order valence-corrected chi connectivity index (χ0v) is 16.7. The molecule has 2 saturated heterocycles. The molecule has 0 saturated carbocycles. The summed E-state index contributed by atoms with van der Waals surface area (Å²) in [4.78, 5) is 40.7. The molecule has 29 heavy (non-hydrogen) atoms. The number of benzene rings is 1. The smallest absolute Gasteiger partial charge is 0.329 e. The molecule has 0 bridgehead atoms. The van der Waals surface area contributed by atoms with E-state index < -0.39 is 21.5 Å². The number of rotatable bonds is 4. The fourth-order valence-electron chi connectivity index (χ4n) is 3.88. The van der Waals surface area contributed by atoms with Gasteiger partial charge in [0.05, 0.1) is 10.9 Å². The number of nitrogens with one attached hydrogen (secondary N) is 1. The highest BCUT2D eigenvalue weighted by Crippen LogP contribution is 2.18. The molecule has 4 rings (SSSR count). The topological polar surface area (TPSA) is 116 Å². The number of hydrogen-bond acceptors (Lipinski definition) is 5. The van der Waals surface area contributed by atoms with E-state index in [0.717, 1.165) is 12.8 Å². The first-order valence-electron chi connectivity index (χ1n) is 9.63. The Morgan fingerprint density at radius 2 is 1.55 bits per heavy atom. The molecule has 2 aliphatic heterocycles. The van der Waals surface area contributed by atoms with Crippen LogP contribution in [0.2, 0.25) is 0 Å². The van der Waals surface area contributed by atoms with Crippen molar-refractivity contribution < 1.29 is 13.2 Å². The maximum absolute atomic E-state index is 12.8. The van der Waals surface area contributed by atoms with Crippen molar-refractivity contribution >= 4 is 27.0 Å². The van der Waals surface area contributed by atoms with Crippen molar-refractivity contribution in [3.05, 3.63) is 45.1 Å². The highest BCUT2D eigenvalue weighted by Gasteiger charge is 2.34. The van der Waals surface area contributed by atoms with Gasteiger partial charge in [0.1, 0.15) is 6.54 Å². The van der Waals surface area contributed by atoms with Gasteiger partial charge in [0.15, 0.2) is 0 Å². The number of carbonyl (C=O) groups is 1. The first-order chi connectivity index (χ1) is 13.9. The number of piperazine rings is 1. The molecular formula is C18H23N5O5S. The van der Waals surface area contributed by atoms with Crippen molar-refractivity contribution in [3.8, 4) is 0 Å². The molecule has 1 N–H and O–H groups in total. The molecular weight excluding hydrogens is 398 g/mol. The first kappa shape index (κ1) is 19.8. The van der Waals surface area contributed by atoms with Crippen molar-refractivity contribution in [2.45, 2.75) is 19.4 Å². The van der Waals surface area contributed by atoms with Crippen LogP contribution < -0.4 is 11.2 Å². The van der Waals surface area contributed by atoms with Crippen molar-refractivity contribution in [1.82, 2.24) is 23.1 Å². The summed E-state index contributed by atoms with van der Waals surface area (Å²) in [5, 5.41) is 0.335. The van der Waals surface area contributed by atoms with Gasteiger partial charge in [-0.15, -0.1) is 0 Å². The average Bonchev–Trinajstić information content (AvgIpc) is 3.27. The number of nitrogens with zero attached hydrogens (tertiary/aromatic N) is 4. The third-order valence-electron chi connectivity index (χ3n) is 5.51. The van der Waals surface area contributed by atoms with E-state index in [-0.39, 0.29) is 38.6 Å². The van der Waals surface area contributed by atoms with E-state index in [1.54, 1.807) is 29.2 Å². The lowest BCUT2D eigenvalue weighted by Gasteiger charge is -2.35. The lowest BCUT2D eigenvalue weighted by molar-refractivity contribution is -0.133. The molecule has 0 spiro atoms. The van der Waals surface area contributed by atoms with Gasteiger partial charge in [-0.1, -0.05) is 12.1 Å². The van der Waals surface area contributed by atoms with Gasteiger partial charge in [0.2, 0.25) is 5.91 Å². The van der Waals surface area contributed by atoms with Gasteiger partial charge in [-0.2, -0.15) is 17.0 Å². The van der Waals surface area contributed by atoms with Crippen LogP contribution in [0.25, 0.3) is 10.9 Å². The minimum absolute atomic E-state index is 0.213. The van der Waals surface area contributed by atoms with Crippen LogP contribution in [0, 0.1) is 0 Å². The molecule has 2 aromatic rings. The van der Waals surface area contributed by atoms with Crippen LogP contribution in [0.4, 0.5) is 0 Å². The minimum atomic E-state index is -3.48. The number of para-hydroxylation sites is 1. The van der Waals surface area contributed by atoms with E-state index >= 15 is 0 Å². The summed E-state index contributed by atoms with van der Waals surface area (Å²) in [5.41, 5.74) is -0.739. The SMILES string of the molecule is O=C(Cn1c(=O)[nH]c(=O)c2ccccc21)N1CCN(S(=O)(=O)N2CCCC2)CC1. The molecule has 3 heterocycles. The summed E-state index contributed by atoms with van der Waals surface area (Å²) in [6, 6.07) is 6.61. The molecule has 0 radical (unpaired) electrons. The summed E-state index contributed by atoms with van der Waals surface area (Å²) in [7, 11) is -3.48. The van der Waals surface area contributed by atoms with Crippen LogP contribution in [0.5, 0.6) is 0 Å². The number of carbonyl (C=O) groups excluding carboxylic acids is 1. The zero-order chi connectivity index (χ0) is 20.6. The maximum atomic E-state index is 12.8. The molecule has 0 aliphatic carbocycles. The number of fused-ring (bicyclic) bond motifs is 1. The second-order valence-electron chi connectivity index (χ2n) is 7.26. The highest BCUT2D eigenvalue weighted by atomic mass is 32.2. The third-order valence-corrected chi connectivity index (χ3v) is 7.54. The molecule has 156 valence electrons. The van der Waals surface area contributed by atoms with Crippen LogP contribution in [0.1, 0.15) is 12.8 Å². The minimum Gasteiger partial charge on any atom is -0.338 e. The lowest BCUT2D eigenvalue weighted by atomic mass is 10.2. The van der Waals surface area contributed by atoms with E-state index in [4.69, 9.17) is 0 Å². The Morgan fingerprint density at radius 3 is 2.24 bits per heavy atom. The molecule has 10 nitrogen and oxygen atoms in total. The lowest BCUT2D eigenvalue weighted by Crippen LogP contribution is -2.54. The molecule has 1 amide bonds. The summed E-state index contributed by atoms with van der Waals surface area (Å²) in [6.07, 6.45) is 1.75. The van der Waals surface area contributed by atoms with Gasteiger partial charge in [-0.25, -0.2) is 4.79 Å². The summed E-state index contributed by atoms with van der Waals surface area (Å²) < 4.78 is 29.5. The number of H-pyrrole nitrogens is 1. The predicted octanol–water partition coefficient (Wildman–Crippen LogP) is -0.825. The van der Waals surface area contributed by atoms with Crippen LogP contribution in [-0.4, -0.2) is 76.7 Å². The fraction of sp³-hybridized carbons (Fsp3) is 0.500. The number of aromatic amines is 1. The monoisotopic (exact) mass is 421 g/mol. The standard InChI is InChI=1S/C18H23N5O5S/c24-16(13-23-15-6-2-1-5-14(15)17(25)19-18(23)26)20-9-11-22(12-10-20)29(27,28)21-7-3-4-8-21/h1-2,5-6H,3-4,7-13H2,(H,19,25,26). The van der Waals surface area contributed by atoms with Crippen molar-refractivity contribution in [3.63, 3.8) is 0 Å². The second kappa shape index (κ2) is 7.73. The summed E-state index contributed by atoms with van der Waals surface area (Å²) in [5.74, 6) is -0.289. The van der Waals surface area contributed by atoms with Crippen molar-refractivity contribution in [2.24, 2.45) is 0 Å². The molecule has 2 aliphatic rings. The second-order valence-corrected chi connectivity index (χ2v) is 9.18. The number of amides is 1. The molecule has 2 fully saturated rings. The molecule has 1 aromatic carbocycles. The van der Waals surface area contributed by atoms with Crippen LogP contribution in [0.3, 0.4) is 0 Å². The number of hydrogen-bond donors (Lipinski definition) is 1. The van der Waals surface area contributed by atoms with E-state index in [9.17, 15) is 22.8 Å². The van der Waals surface area contributed by atoms with E-state index in [0.29, 0.717) is 24.0 Å². The maximum Gasteiger partial charge on any atom is 0.329 e. The number of aromatic nitrogens is 2. The van der Waals surface area contributed by atoms with Gasteiger partial charge >= 0.3 is 5.69 Å². The van der Waals surface area contributed by atoms with Gasteiger partial charge in [0.25, 0.3) is 15.8 Å². The van der Waals surface area contributed by atoms with Crippen LogP contribution in [-0.2, 0) is 21.5 Å². The Morgan fingerprint density at radius 1 is 0.931 bits per heavy atom. The molecule has 11 heteroatoms. The highest BCUT2D eigenvalue weighted by molar-refractivity contribution is 7.86. The first-order valence-corrected chi connectivity index (χ1v) is 11.0. The summed E-state index contributed by atoms with van der Waals surface area (Å²) >= 11 is 0. The third kappa shape index (κ3) is 3.72. The van der Waals surface area contributed by atoms with Crippen LogP contribution in [0.15, 0.2) is 33.9 Å². The van der Waals surface area contributed by atoms with Gasteiger partial charge in [-0.3, -0.25) is 19.1 Å². The quantitative estimate of drug-likeness (QED) is 0.692.